The molecule has 3 heteroatoms. The highest BCUT2D eigenvalue weighted by atomic mass is 16.5. The van der Waals surface area contributed by atoms with E-state index in [2.05, 4.69) is 0 Å². The average molecular weight is 153 g/mol. The van der Waals surface area contributed by atoms with Crippen molar-refractivity contribution in [1.82, 2.24) is 0 Å². The molecule has 0 heterocycles. The molecule has 0 aromatic heterocycles. The van der Waals surface area contributed by atoms with Crippen molar-refractivity contribution in [2.45, 2.75) is 25.4 Å². The topological polar surface area (TPSA) is 50.1 Å². The van der Waals surface area contributed by atoms with Crippen molar-refractivity contribution in [2.24, 2.45) is 5.92 Å². The first-order valence-electron chi connectivity index (χ1n) is 3.70. The van der Waals surface area contributed by atoms with Crippen LogP contribution in [-0.2, 0) is 9.53 Å². The maximum absolute atomic E-state index is 11.0. The number of carbonyl (C=O) groups excluding carboxylic acids is 1. The van der Waals surface area contributed by atoms with Crippen molar-refractivity contribution < 1.29 is 9.53 Å². The molecule has 0 aromatic carbocycles. The van der Waals surface area contributed by atoms with Crippen molar-refractivity contribution in [2.75, 3.05) is 7.11 Å². The quantitative estimate of drug-likeness (QED) is 0.605. The summed E-state index contributed by atoms with van der Waals surface area (Å²) in [6.07, 6.45) is 1.91. The van der Waals surface area contributed by atoms with Gasteiger partial charge in [0, 0.05) is 13.0 Å². The summed E-state index contributed by atoms with van der Waals surface area (Å²) in [6.45, 7) is 0. The van der Waals surface area contributed by atoms with Gasteiger partial charge in [-0.15, -0.1) is 0 Å². The molecule has 1 rings (SSSR count). The van der Waals surface area contributed by atoms with E-state index in [1.807, 2.05) is 6.07 Å². The first-order chi connectivity index (χ1) is 5.27. The van der Waals surface area contributed by atoms with Gasteiger partial charge in [0.15, 0.2) is 0 Å². The van der Waals surface area contributed by atoms with Crippen LogP contribution < -0.4 is 0 Å². The Kier molecular flexibility index (Phi) is 2.61. The minimum absolute atomic E-state index is 0.0566. The molecule has 0 spiro atoms. The molecule has 1 aliphatic rings. The number of hydrogen-bond acceptors (Lipinski definition) is 3. The van der Waals surface area contributed by atoms with Gasteiger partial charge in [0.25, 0.3) is 0 Å². The van der Waals surface area contributed by atoms with E-state index in [1.165, 1.54) is 0 Å². The lowest BCUT2D eigenvalue weighted by Crippen LogP contribution is -2.35. The second-order valence-corrected chi connectivity index (χ2v) is 2.83. The van der Waals surface area contributed by atoms with Gasteiger partial charge in [0.1, 0.15) is 5.78 Å². The van der Waals surface area contributed by atoms with Gasteiger partial charge in [-0.05, 0) is 12.8 Å². The molecule has 0 unspecified atom stereocenters. The number of rotatable bonds is 3. The van der Waals surface area contributed by atoms with Crippen LogP contribution >= 0.6 is 0 Å². The first kappa shape index (κ1) is 8.22. The standard InChI is InChI=1S/C8H11NO2/c1-11-7-4-6(5-7)8(10)2-3-9/h6-7H,2,4-5H2,1H3. The van der Waals surface area contributed by atoms with Crippen molar-refractivity contribution in [3.8, 4) is 6.07 Å². The van der Waals surface area contributed by atoms with Crippen molar-refractivity contribution >= 4 is 5.78 Å². The lowest BCUT2D eigenvalue weighted by atomic mass is 9.78. The van der Waals surface area contributed by atoms with Gasteiger partial charge in [0.05, 0.1) is 18.6 Å². The zero-order valence-electron chi connectivity index (χ0n) is 6.54. The maximum atomic E-state index is 11.0. The molecule has 1 saturated carbocycles. The van der Waals surface area contributed by atoms with Gasteiger partial charge in [-0.25, -0.2) is 0 Å². The Balaban J connectivity index is 2.22. The van der Waals surface area contributed by atoms with Gasteiger partial charge in [-0.1, -0.05) is 0 Å². The van der Waals surface area contributed by atoms with Gasteiger partial charge in [0.2, 0.25) is 0 Å². The third-order valence-electron chi connectivity index (χ3n) is 2.14. The molecule has 0 amide bonds. The Bertz CT molecular complexity index is 189. The van der Waals surface area contributed by atoms with Crippen LogP contribution in [0.3, 0.4) is 0 Å². The number of methoxy groups -OCH3 is 1. The highest BCUT2D eigenvalue weighted by Crippen LogP contribution is 2.30. The fourth-order valence-corrected chi connectivity index (χ4v) is 1.24. The summed E-state index contributed by atoms with van der Waals surface area (Å²) in [5.41, 5.74) is 0. The molecular weight excluding hydrogens is 142 g/mol. The lowest BCUT2D eigenvalue weighted by molar-refractivity contribution is -0.129. The smallest absolute Gasteiger partial charge is 0.150 e. The minimum atomic E-state index is 0.0566. The van der Waals surface area contributed by atoms with E-state index in [4.69, 9.17) is 10.00 Å². The first-order valence-corrected chi connectivity index (χ1v) is 3.70. The zero-order chi connectivity index (χ0) is 8.27. The predicted octanol–water partition coefficient (Wildman–Crippen LogP) is 0.894. The molecule has 1 aliphatic carbocycles. The number of ketones is 1. The molecule has 0 aliphatic heterocycles. The molecule has 0 aromatic rings. The fourth-order valence-electron chi connectivity index (χ4n) is 1.24. The summed E-state index contributed by atoms with van der Waals surface area (Å²) in [6, 6.07) is 1.86. The second kappa shape index (κ2) is 3.49. The van der Waals surface area contributed by atoms with E-state index in [0.717, 1.165) is 12.8 Å². The Hall–Kier alpha value is -0.880. The van der Waals surface area contributed by atoms with Crippen LogP contribution in [0.25, 0.3) is 0 Å². The number of carbonyl (C=O) groups is 1. The van der Waals surface area contributed by atoms with Crippen molar-refractivity contribution in [1.29, 1.82) is 5.26 Å². The van der Waals surface area contributed by atoms with Gasteiger partial charge >= 0.3 is 0 Å². The molecule has 0 saturated heterocycles. The molecular formula is C8H11NO2. The Labute approximate surface area is 66.0 Å². The summed E-state index contributed by atoms with van der Waals surface area (Å²) in [7, 11) is 1.65. The summed E-state index contributed by atoms with van der Waals surface area (Å²) >= 11 is 0. The van der Waals surface area contributed by atoms with Crippen LogP contribution in [0.4, 0.5) is 0 Å². The summed E-state index contributed by atoms with van der Waals surface area (Å²) in [5, 5.41) is 8.23. The highest BCUT2D eigenvalue weighted by Gasteiger charge is 2.33. The van der Waals surface area contributed by atoms with E-state index < -0.39 is 0 Å². The van der Waals surface area contributed by atoms with E-state index in [1.54, 1.807) is 7.11 Å². The molecule has 11 heavy (non-hydrogen) atoms. The normalized spacial score (nSPS) is 28.7. The molecule has 3 nitrogen and oxygen atoms in total. The Morgan fingerprint density at radius 1 is 1.73 bits per heavy atom. The SMILES string of the molecule is COC1CC(C(=O)CC#N)C1. The molecule has 1 fully saturated rings. The predicted molar refractivity (Wildman–Crippen MR) is 38.8 cm³/mol. The Morgan fingerprint density at radius 2 is 2.36 bits per heavy atom. The monoisotopic (exact) mass is 153 g/mol. The molecule has 0 radical (unpaired) electrons. The summed E-state index contributed by atoms with van der Waals surface area (Å²) in [5.74, 6) is 0.167. The lowest BCUT2D eigenvalue weighted by Gasteiger charge is -2.32. The second-order valence-electron chi connectivity index (χ2n) is 2.83. The van der Waals surface area contributed by atoms with E-state index in [-0.39, 0.29) is 24.2 Å². The van der Waals surface area contributed by atoms with Gasteiger partial charge < -0.3 is 4.74 Å². The van der Waals surface area contributed by atoms with Crippen molar-refractivity contribution in [3.05, 3.63) is 0 Å². The Morgan fingerprint density at radius 3 is 2.82 bits per heavy atom. The van der Waals surface area contributed by atoms with Crippen LogP contribution in [0.1, 0.15) is 19.3 Å². The fraction of sp³-hybridized carbons (Fsp3) is 0.750. The third-order valence-corrected chi connectivity index (χ3v) is 2.14. The summed E-state index contributed by atoms with van der Waals surface area (Å²) in [4.78, 5) is 11.0. The van der Waals surface area contributed by atoms with Crippen LogP contribution in [0.2, 0.25) is 0 Å². The number of nitriles is 1. The third kappa shape index (κ3) is 1.78. The number of nitrogens with zero attached hydrogens (tertiary/aromatic N) is 1. The maximum Gasteiger partial charge on any atom is 0.150 e. The van der Waals surface area contributed by atoms with Gasteiger partial charge in [-0.2, -0.15) is 5.26 Å². The molecule has 0 atom stereocenters. The molecule has 60 valence electrons. The number of Topliss-reactive ketones (excluding diaryl/α,β-unsaturated/α-hetero) is 1. The average Bonchev–Trinajstić information content (AvgIpc) is 1.86. The van der Waals surface area contributed by atoms with Gasteiger partial charge in [-0.3, -0.25) is 4.79 Å². The largest absolute Gasteiger partial charge is 0.381 e. The summed E-state index contributed by atoms with van der Waals surface area (Å²) < 4.78 is 5.01. The van der Waals surface area contributed by atoms with Crippen LogP contribution in [0.15, 0.2) is 0 Å². The zero-order valence-corrected chi connectivity index (χ0v) is 6.54. The molecule has 0 bridgehead atoms. The number of hydrogen-bond donors (Lipinski definition) is 0. The highest BCUT2D eigenvalue weighted by molar-refractivity contribution is 5.83. The minimum Gasteiger partial charge on any atom is -0.381 e. The van der Waals surface area contributed by atoms with E-state index >= 15 is 0 Å². The van der Waals surface area contributed by atoms with Crippen LogP contribution in [0.5, 0.6) is 0 Å². The van der Waals surface area contributed by atoms with E-state index in [0.29, 0.717) is 0 Å². The van der Waals surface area contributed by atoms with Crippen LogP contribution in [-0.4, -0.2) is 19.0 Å². The van der Waals surface area contributed by atoms with E-state index in [9.17, 15) is 4.79 Å². The van der Waals surface area contributed by atoms with Crippen molar-refractivity contribution in [3.63, 3.8) is 0 Å². The molecule has 0 N–H and O–H groups in total. The number of ether oxygens (including phenoxy) is 1. The van der Waals surface area contributed by atoms with Crippen LogP contribution in [0, 0.1) is 17.2 Å².